The van der Waals surface area contributed by atoms with Crippen molar-refractivity contribution < 1.29 is 14.3 Å². The SMILES string of the molecule is CCCCCC(=O)Nc1cccc(NC(=O)COc2ccc(Cl)cc2)c1. The number of halogens is 1. The van der Waals surface area contributed by atoms with E-state index in [1.165, 1.54) is 0 Å². The molecule has 0 aliphatic rings. The Labute approximate surface area is 158 Å². The molecule has 0 unspecified atom stereocenters. The fourth-order valence-electron chi connectivity index (χ4n) is 2.31. The first kappa shape index (κ1) is 19.8. The van der Waals surface area contributed by atoms with E-state index in [0.717, 1.165) is 19.3 Å². The van der Waals surface area contributed by atoms with Crippen molar-refractivity contribution in [2.24, 2.45) is 0 Å². The van der Waals surface area contributed by atoms with Gasteiger partial charge in [-0.1, -0.05) is 37.4 Å². The molecule has 2 rings (SSSR count). The summed E-state index contributed by atoms with van der Waals surface area (Å²) in [5.74, 6) is 0.261. The van der Waals surface area contributed by atoms with Crippen molar-refractivity contribution in [1.29, 1.82) is 0 Å². The van der Waals surface area contributed by atoms with Gasteiger partial charge in [0.2, 0.25) is 5.91 Å². The molecule has 0 radical (unpaired) electrons. The molecule has 5 nitrogen and oxygen atoms in total. The van der Waals surface area contributed by atoms with Gasteiger partial charge in [-0.3, -0.25) is 9.59 Å². The number of carbonyl (C=O) groups excluding carboxylic acids is 2. The Balaban J connectivity index is 1.82. The fourth-order valence-corrected chi connectivity index (χ4v) is 2.44. The molecular formula is C20H23ClN2O3. The van der Waals surface area contributed by atoms with Gasteiger partial charge >= 0.3 is 0 Å². The number of hydrogen-bond donors (Lipinski definition) is 2. The molecule has 0 bridgehead atoms. The van der Waals surface area contributed by atoms with E-state index in [2.05, 4.69) is 17.6 Å². The Kier molecular flexibility index (Phi) is 7.96. The van der Waals surface area contributed by atoms with E-state index in [0.29, 0.717) is 28.6 Å². The summed E-state index contributed by atoms with van der Waals surface area (Å²) >= 11 is 5.80. The summed E-state index contributed by atoms with van der Waals surface area (Å²) in [6.07, 6.45) is 3.49. The van der Waals surface area contributed by atoms with Crippen LogP contribution in [0, 0.1) is 0 Å². The minimum atomic E-state index is -0.286. The van der Waals surface area contributed by atoms with Crippen molar-refractivity contribution in [3.8, 4) is 5.75 Å². The minimum absolute atomic E-state index is 0.0204. The van der Waals surface area contributed by atoms with Crippen molar-refractivity contribution in [3.05, 3.63) is 53.6 Å². The summed E-state index contributed by atoms with van der Waals surface area (Å²) in [4.78, 5) is 23.9. The highest BCUT2D eigenvalue weighted by molar-refractivity contribution is 6.30. The van der Waals surface area contributed by atoms with Gasteiger partial charge in [-0.05, 0) is 48.9 Å². The lowest BCUT2D eigenvalue weighted by atomic mass is 10.2. The molecule has 6 heteroatoms. The summed E-state index contributed by atoms with van der Waals surface area (Å²) in [7, 11) is 0. The molecule has 0 aromatic heterocycles. The van der Waals surface area contributed by atoms with Crippen LogP contribution < -0.4 is 15.4 Å². The van der Waals surface area contributed by atoms with Crippen molar-refractivity contribution in [1.82, 2.24) is 0 Å². The van der Waals surface area contributed by atoms with Crippen LogP contribution in [0.2, 0.25) is 5.02 Å². The molecule has 0 spiro atoms. The van der Waals surface area contributed by atoms with Gasteiger partial charge in [0.05, 0.1) is 0 Å². The van der Waals surface area contributed by atoms with Crippen LogP contribution in [0.5, 0.6) is 5.75 Å². The molecule has 0 atom stereocenters. The van der Waals surface area contributed by atoms with Crippen molar-refractivity contribution in [3.63, 3.8) is 0 Å². The second kappa shape index (κ2) is 10.5. The van der Waals surface area contributed by atoms with Gasteiger partial charge in [0.15, 0.2) is 6.61 Å². The Bertz CT molecular complexity index is 732. The summed E-state index contributed by atoms with van der Waals surface area (Å²) in [5.41, 5.74) is 1.25. The van der Waals surface area contributed by atoms with Crippen LogP contribution >= 0.6 is 11.6 Å². The van der Waals surface area contributed by atoms with Gasteiger partial charge in [0.25, 0.3) is 5.91 Å². The highest BCUT2D eigenvalue weighted by Crippen LogP contribution is 2.17. The van der Waals surface area contributed by atoms with Gasteiger partial charge in [0, 0.05) is 22.8 Å². The van der Waals surface area contributed by atoms with Crippen LogP contribution in [0.1, 0.15) is 32.6 Å². The van der Waals surface area contributed by atoms with Crippen LogP contribution in [0.4, 0.5) is 11.4 Å². The number of unbranched alkanes of at least 4 members (excludes halogenated alkanes) is 2. The smallest absolute Gasteiger partial charge is 0.262 e. The molecule has 0 fully saturated rings. The van der Waals surface area contributed by atoms with E-state index in [4.69, 9.17) is 16.3 Å². The molecule has 2 N–H and O–H groups in total. The molecule has 2 amide bonds. The van der Waals surface area contributed by atoms with Crippen molar-refractivity contribution in [2.45, 2.75) is 32.6 Å². The van der Waals surface area contributed by atoms with Crippen molar-refractivity contribution in [2.75, 3.05) is 17.2 Å². The topological polar surface area (TPSA) is 67.4 Å². The predicted molar refractivity (Wildman–Crippen MR) is 105 cm³/mol. The van der Waals surface area contributed by atoms with E-state index in [9.17, 15) is 9.59 Å². The molecule has 2 aromatic rings. The molecule has 0 aliphatic heterocycles. The predicted octanol–water partition coefficient (Wildman–Crippen LogP) is 4.88. The highest BCUT2D eigenvalue weighted by atomic mass is 35.5. The molecule has 2 aromatic carbocycles. The molecule has 0 saturated heterocycles. The minimum Gasteiger partial charge on any atom is -0.484 e. The number of ether oxygens (including phenoxy) is 1. The van der Waals surface area contributed by atoms with Crippen LogP contribution in [0.25, 0.3) is 0 Å². The molecule has 0 saturated carbocycles. The van der Waals surface area contributed by atoms with Crippen LogP contribution in [-0.4, -0.2) is 18.4 Å². The lowest BCUT2D eigenvalue weighted by Crippen LogP contribution is -2.20. The summed E-state index contributed by atoms with van der Waals surface area (Å²) < 4.78 is 5.40. The third-order valence-electron chi connectivity index (χ3n) is 3.62. The largest absolute Gasteiger partial charge is 0.484 e. The van der Waals surface area contributed by atoms with Gasteiger partial charge in [0.1, 0.15) is 5.75 Å². The third kappa shape index (κ3) is 7.15. The maximum Gasteiger partial charge on any atom is 0.262 e. The summed E-state index contributed by atoms with van der Waals surface area (Å²) in [6, 6.07) is 13.8. The van der Waals surface area contributed by atoms with Gasteiger partial charge in [-0.25, -0.2) is 0 Å². The number of benzene rings is 2. The second-order valence-corrected chi connectivity index (χ2v) is 6.31. The Morgan fingerprint density at radius 3 is 2.27 bits per heavy atom. The van der Waals surface area contributed by atoms with Crippen molar-refractivity contribution >= 4 is 34.8 Å². The third-order valence-corrected chi connectivity index (χ3v) is 3.87. The number of carbonyl (C=O) groups is 2. The number of anilines is 2. The monoisotopic (exact) mass is 374 g/mol. The zero-order chi connectivity index (χ0) is 18.8. The Hall–Kier alpha value is -2.53. The number of rotatable bonds is 9. The normalized spacial score (nSPS) is 10.2. The number of hydrogen-bond acceptors (Lipinski definition) is 3. The lowest BCUT2D eigenvalue weighted by Gasteiger charge is -2.10. The van der Waals surface area contributed by atoms with Crippen LogP contribution in [0.15, 0.2) is 48.5 Å². The standard InChI is InChI=1S/C20H23ClN2O3/c1-2-3-4-8-19(24)22-16-6-5-7-17(13-16)23-20(25)14-26-18-11-9-15(21)10-12-18/h5-7,9-13H,2-4,8,14H2,1H3,(H,22,24)(H,23,25). The Morgan fingerprint density at radius 2 is 1.62 bits per heavy atom. The summed E-state index contributed by atoms with van der Waals surface area (Å²) in [5, 5.41) is 6.20. The number of amides is 2. The first-order chi connectivity index (χ1) is 12.6. The average Bonchev–Trinajstić information content (AvgIpc) is 2.62. The Morgan fingerprint density at radius 1 is 0.962 bits per heavy atom. The molecule has 138 valence electrons. The van der Waals surface area contributed by atoms with Gasteiger partial charge in [-0.15, -0.1) is 0 Å². The van der Waals surface area contributed by atoms with E-state index in [-0.39, 0.29) is 18.4 Å². The zero-order valence-corrected chi connectivity index (χ0v) is 15.5. The van der Waals surface area contributed by atoms with E-state index in [1.54, 1.807) is 48.5 Å². The molecular weight excluding hydrogens is 352 g/mol. The fraction of sp³-hybridized carbons (Fsp3) is 0.300. The zero-order valence-electron chi connectivity index (χ0n) is 14.8. The molecule has 0 aliphatic carbocycles. The number of nitrogens with one attached hydrogen (secondary N) is 2. The summed E-state index contributed by atoms with van der Waals surface area (Å²) in [6.45, 7) is 1.98. The van der Waals surface area contributed by atoms with Gasteiger partial charge < -0.3 is 15.4 Å². The first-order valence-electron chi connectivity index (χ1n) is 8.65. The van der Waals surface area contributed by atoms with Gasteiger partial charge in [-0.2, -0.15) is 0 Å². The average molecular weight is 375 g/mol. The lowest BCUT2D eigenvalue weighted by molar-refractivity contribution is -0.118. The first-order valence-corrected chi connectivity index (χ1v) is 9.02. The molecule has 26 heavy (non-hydrogen) atoms. The maximum atomic E-state index is 12.0. The highest BCUT2D eigenvalue weighted by Gasteiger charge is 2.06. The molecule has 0 heterocycles. The van der Waals surface area contributed by atoms with E-state index >= 15 is 0 Å². The second-order valence-electron chi connectivity index (χ2n) is 5.88. The quantitative estimate of drug-likeness (QED) is 0.615. The van der Waals surface area contributed by atoms with Crippen LogP contribution in [-0.2, 0) is 9.59 Å². The maximum absolute atomic E-state index is 12.0. The van der Waals surface area contributed by atoms with E-state index in [1.807, 2.05) is 0 Å². The van der Waals surface area contributed by atoms with Crippen LogP contribution in [0.3, 0.4) is 0 Å². The van der Waals surface area contributed by atoms with E-state index < -0.39 is 0 Å².